The minimum absolute atomic E-state index is 0.0792. The van der Waals surface area contributed by atoms with Gasteiger partial charge in [-0.3, -0.25) is 4.79 Å². The van der Waals surface area contributed by atoms with Crippen LogP contribution in [0.1, 0.15) is 51.8 Å². The molecule has 2 aromatic rings. The second-order valence-electron chi connectivity index (χ2n) is 6.43. The average molecular weight is 332 g/mol. The molecule has 4 nitrogen and oxygen atoms in total. The minimum Gasteiger partial charge on any atom is -0.390 e. The molecule has 0 spiro atoms. The van der Waals surface area contributed by atoms with E-state index in [0.29, 0.717) is 18.5 Å². The van der Waals surface area contributed by atoms with E-state index in [2.05, 4.69) is 10.3 Å². The molecule has 2 rings (SSSR count). The van der Waals surface area contributed by atoms with E-state index in [4.69, 9.17) is 0 Å². The SMILES string of the molecule is Cc1nc(C)c(CNC(=O)c2ccc(CCC(C)(C)O)cc2)s1. The van der Waals surface area contributed by atoms with Crippen LogP contribution in [0.5, 0.6) is 0 Å². The summed E-state index contributed by atoms with van der Waals surface area (Å²) in [7, 11) is 0. The smallest absolute Gasteiger partial charge is 0.251 e. The van der Waals surface area contributed by atoms with Crippen LogP contribution in [-0.2, 0) is 13.0 Å². The Morgan fingerprint density at radius 3 is 2.43 bits per heavy atom. The molecule has 0 saturated heterocycles. The first kappa shape index (κ1) is 17.6. The maximum absolute atomic E-state index is 12.2. The molecular weight excluding hydrogens is 308 g/mol. The zero-order valence-corrected chi connectivity index (χ0v) is 15.0. The molecule has 5 heteroatoms. The van der Waals surface area contributed by atoms with Crippen molar-refractivity contribution in [1.82, 2.24) is 10.3 Å². The molecule has 0 radical (unpaired) electrons. The summed E-state index contributed by atoms with van der Waals surface area (Å²) in [5.74, 6) is -0.0792. The second-order valence-corrected chi connectivity index (χ2v) is 7.72. The minimum atomic E-state index is -0.666. The quantitative estimate of drug-likeness (QED) is 0.852. The summed E-state index contributed by atoms with van der Waals surface area (Å²) in [5.41, 5.74) is 2.09. The fourth-order valence-electron chi connectivity index (χ4n) is 2.27. The molecule has 1 amide bonds. The van der Waals surface area contributed by atoms with Crippen LogP contribution in [0, 0.1) is 13.8 Å². The monoisotopic (exact) mass is 332 g/mol. The van der Waals surface area contributed by atoms with Gasteiger partial charge >= 0.3 is 0 Å². The van der Waals surface area contributed by atoms with Crippen molar-refractivity contribution in [2.45, 2.75) is 52.7 Å². The fourth-order valence-corrected chi connectivity index (χ4v) is 3.15. The Balaban J connectivity index is 1.91. The Hall–Kier alpha value is -1.72. The Morgan fingerprint density at radius 1 is 1.26 bits per heavy atom. The van der Waals surface area contributed by atoms with Crippen molar-refractivity contribution in [3.05, 3.63) is 51.0 Å². The summed E-state index contributed by atoms with van der Waals surface area (Å²) < 4.78 is 0. The van der Waals surface area contributed by atoms with E-state index < -0.39 is 5.60 Å². The van der Waals surface area contributed by atoms with Gasteiger partial charge in [0.15, 0.2) is 0 Å². The molecular formula is C18H24N2O2S. The number of nitrogens with one attached hydrogen (secondary N) is 1. The van der Waals surface area contributed by atoms with Gasteiger partial charge in [0.1, 0.15) is 0 Å². The van der Waals surface area contributed by atoms with Crippen molar-refractivity contribution in [2.24, 2.45) is 0 Å². The molecule has 2 N–H and O–H groups in total. The van der Waals surface area contributed by atoms with Gasteiger partial charge in [0.2, 0.25) is 0 Å². The lowest BCUT2D eigenvalue weighted by Gasteiger charge is -2.16. The summed E-state index contributed by atoms with van der Waals surface area (Å²) >= 11 is 1.61. The number of benzene rings is 1. The molecule has 0 atom stereocenters. The van der Waals surface area contributed by atoms with Gasteiger partial charge in [0, 0.05) is 10.4 Å². The first-order valence-electron chi connectivity index (χ1n) is 7.77. The number of thiazole rings is 1. The predicted octanol–water partition coefficient (Wildman–Crippen LogP) is 3.39. The molecule has 0 fully saturated rings. The summed E-state index contributed by atoms with van der Waals surface area (Å²) in [6, 6.07) is 7.56. The van der Waals surface area contributed by atoms with Crippen LogP contribution < -0.4 is 5.32 Å². The van der Waals surface area contributed by atoms with Crippen LogP contribution in [0.2, 0.25) is 0 Å². The molecule has 1 heterocycles. The molecule has 0 saturated carbocycles. The van der Waals surface area contributed by atoms with E-state index >= 15 is 0 Å². The van der Waals surface area contributed by atoms with Crippen molar-refractivity contribution in [2.75, 3.05) is 0 Å². The summed E-state index contributed by atoms with van der Waals surface area (Å²) in [4.78, 5) is 17.7. The van der Waals surface area contributed by atoms with Crippen molar-refractivity contribution >= 4 is 17.2 Å². The van der Waals surface area contributed by atoms with Crippen LogP contribution >= 0.6 is 11.3 Å². The highest BCUT2D eigenvalue weighted by atomic mass is 32.1. The topological polar surface area (TPSA) is 62.2 Å². The average Bonchev–Trinajstić information content (AvgIpc) is 2.80. The molecule has 0 aliphatic heterocycles. The highest BCUT2D eigenvalue weighted by molar-refractivity contribution is 7.11. The third kappa shape index (κ3) is 5.44. The van der Waals surface area contributed by atoms with E-state index in [1.54, 1.807) is 25.2 Å². The van der Waals surface area contributed by atoms with Gasteiger partial charge in [-0.1, -0.05) is 12.1 Å². The molecule has 1 aromatic heterocycles. The maximum Gasteiger partial charge on any atom is 0.251 e. The zero-order valence-electron chi connectivity index (χ0n) is 14.1. The zero-order chi connectivity index (χ0) is 17.0. The van der Waals surface area contributed by atoms with Crippen LogP contribution in [0.3, 0.4) is 0 Å². The third-order valence-corrected chi connectivity index (χ3v) is 4.72. The van der Waals surface area contributed by atoms with E-state index in [9.17, 15) is 9.90 Å². The van der Waals surface area contributed by atoms with Crippen LogP contribution in [0.4, 0.5) is 0 Å². The Bertz CT molecular complexity index is 669. The Kier molecular flexibility index (Phi) is 5.55. The number of aryl methyl sites for hydroxylation is 3. The predicted molar refractivity (Wildman–Crippen MR) is 93.8 cm³/mol. The second kappa shape index (κ2) is 7.23. The van der Waals surface area contributed by atoms with Crippen molar-refractivity contribution in [3.63, 3.8) is 0 Å². The fraction of sp³-hybridized carbons (Fsp3) is 0.444. The molecule has 23 heavy (non-hydrogen) atoms. The molecule has 0 bridgehead atoms. The largest absolute Gasteiger partial charge is 0.390 e. The number of amides is 1. The number of aliphatic hydroxyl groups is 1. The van der Waals surface area contributed by atoms with E-state index in [-0.39, 0.29) is 5.91 Å². The first-order valence-corrected chi connectivity index (χ1v) is 8.59. The van der Waals surface area contributed by atoms with Crippen molar-refractivity contribution in [1.29, 1.82) is 0 Å². The van der Waals surface area contributed by atoms with Crippen molar-refractivity contribution < 1.29 is 9.90 Å². The standard InChI is InChI=1S/C18H24N2O2S/c1-12-16(23-13(2)20-12)11-19-17(21)15-7-5-14(6-8-15)9-10-18(3,4)22/h5-8,22H,9-11H2,1-4H3,(H,19,21). The highest BCUT2D eigenvalue weighted by Gasteiger charge is 2.13. The lowest BCUT2D eigenvalue weighted by Crippen LogP contribution is -2.22. The number of aromatic nitrogens is 1. The summed E-state index contributed by atoms with van der Waals surface area (Å²) in [5, 5.41) is 13.7. The normalized spacial score (nSPS) is 11.5. The van der Waals surface area contributed by atoms with E-state index in [1.807, 2.05) is 38.1 Å². The Labute approximate surface area is 141 Å². The van der Waals surface area contributed by atoms with Crippen LogP contribution in [-0.4, -0.2) is 21.6 Å². The van der Waals surface area contributed by atoms with Gasteiger partial charge in [-0.25, -0.2) is 4.98 Å². The summed E-state index contributed by atoms with van der Waals surface area (Å²) in [6.45, 7) is 8.05. The number of carbonyl (C=O) groups excluding carboxylic acids is 1. The van der Waals surface area contributed by atoms with Gasteiger partial charge in [-0.15, -0.1) is 11.3 Å². The molecule has 0 unspecified atom stereocenters. The van der Waals surface area contributed by atoms with E-state index in [0.717, 1.165) is 27.6 Å². The van der Waals surface area contributed by atoms with Crippen molar-refractivity contribution in [3.8, 4) is 0 Å². The van der Waals surface area contributed by atoms with Gasteiger partial charge in [-0.05, 0) is 58.2 Å². The van der Waals surface area contributed by atoms with Gasteiger partial charge in [0.25, 0.3) is 5.91 Å². The molecule has 124 valence electrons. The van der Waals surface area contributed by atoms with Gasteiger partial charge in [0.05, 0.1) is 22.8 Å². The number of hydrogen-bond donors (Lipinski definition) is 2. The molecule has 0 aliphatic carbocycles. The number of hydrogen-bond acceptors (Lipinski definition) is 4. The lowest BCUT2D eigenvalue weighted by atomic mass is 9.98. The van der Waals surface area contributed by atoms with Crippen LogP contribution in [0.25, 0.3) is 0 Å². The molecule has 0 aliphatic rings. The van der Waals surface area contributed by atoms with Crippen LogP contribution in [0.15, 0.2) is 24.3 Å². The summed E-state index contributed by atoms with van der Waals surface area (Å²) in [6.07, 6.45) is 1.49. The lowest BCUT2D eigenvalue weighted by molar-refractivity contribution is 0.0713. The van der Waals surface area contributed by atoms with Gasteiger partial charge in [-0.2, -0.15) is 0 Å². The first-order chi connectivity index (χ1) is 10.7. The number of rotatable bonds is 6. The molecule has 1 aromatic carbocycles. The maximum atomic E-state index is 12.2. The third-order valence-electron chi connectivity index (χ3n) is 3.65. The number of nitrogens with zero attached hydrogens (tertiary/aromatic N) is 1. The number of carbonyl (C=O) groups is 1. The van der Waals surface area contributed by atoms with Gasteiger partial charge < -0.3 is 10.4 Å². The van der Waals surface area contributed by atoms with E-state index in [1.165, 1.54) is 0 Å². The highest BCUT2D eigenvalue weighted by Crippen LogP contribution is 2.17. The Morgan fingerprint density at radius 2 is 1.91 bits per heavy atom.